The van der Waals surface area contributed by atoms with Gasteiger partial charge in [-0.2, -0.15) is 0 Å². The Labute approximate surface area is 105 Å². The molecule has 3 aromatic rings. The van der Waals surface area contributed by atoms with Crippen molar-refractivity contribution in [2.45, 2.75) is 0 Å². The molecular formula is C12H6BrClN2. The normalized spacial score (nSPS) is 11.1. The van der Waals surface area contributed by atoms with Crippen LogP contribution in [0.3, 0.4) is 0 Å². The van der Waals surface area contributed by atoms with E-state index in [2.05, 4.69) is 25.9 Å². The number of halogens is 2. The molecule has 0 N–H and O–H groups in total. The molecule has 0 unspecified atom stereocenters. The van der Waals surface area contributed by atoms with Crippen molar-refractivity contribution in [2.24, 2.45) is 0 Å². The van der Waals surface area contributed by atoms with Gasteiger partial charge in [-0.15, -0.1) is 0 Å². The molecule has 0 amide bonds. The van der Waals surface area contributed by atoms with Gasteiger partial charge in [-0.05, 0) is 46.3 Å². The van der Waals surface area contributed by atoms with Crippen LogP contribution in [-0.4, -0.2) is 9.97 Å². The van der Waals surface area contributed by atoms with Crippen molar-refractivity contribution < 1.29 is 0 Å². The Morgan fingerprint density at radius 1 is 1.12 bits per heavy atom. The quantitative estimate of drug-likeness (QED) is 0.458. The highest BCUT2D eigenvalue weighted by Gasteiger charge is 2.07. The van der Waals surface area contributed by atoms with Crippen LogP contribution in [0.4, 0.5) is 0 Å². The summed E-state index contributed by atoms with van der Waals surface area (Å²) in [5.74, 6) is 0. The van der Waals surface area contributed by atoms with E-state index < -0.39 is 0 Å². The van der Waals surface area contributed by atoms with Gasteiger partial charge >= 0.3 is 0 Å². The second-order valence-corrected chi connectivity index (χ2v) is 4.68. The van der Waals surface area contributed by atoms with Crippen LogP contribution in [-0.2, 0) is 0 Å². The van der Waals surface area contributed by atoms with Gasteiger partial charge in [0, 0.05) is 17.0 Å². The van der Waals surface area contributed by atoms with E-state index in [9.17, 15) is 0 Å². The number of hydrogen-bond acceptors (Lipinski definition) is 2. The van der Waals surface area contributed by atoms with E-state index in [1.807, 2.05) is 30.3 Å². The summed E-state index contributed by atoms with van der Waals surface area (Å²) in [6.45, 7) is 0. The average Bonchev–Trinajstić information content (AvgIpc) is 2.31. The molecule has 2 aromatic heterocycles. The number of hydrogen-bond donors (Lipinski definition) is 0. The second kappa shape index (κ2) is 3.68. The Kier molecular flexibility index (Phi) is 2.30. The van der Waals surface area contributed by atoms with Crippen molar-refractivity contribution in [1.82, 2.24) is 9.97 Å². The van der Waals surface area contributed by atoms with Crippen LogP contribution in [0.5, 0.6) is 0 Å². The highest BCUT2D eigenvalue weighted by molar-refractivity contribution is 9.10. The largest absolute Gasteiger partial charge is 0.254 e. The number of nitrogens with zero attached hydrogens (tertiary/aromatic N) is 2. The van der Waals surface area contributed by atoms with Gasteiger partial charge in [-0.3, -0.25) is 4.98 Å². The van der Waals surface area contributed by atoms with Gasteiger partial charge in [0.2, 0.25) is 0 Å². The Hall–Kier alpha value is -1.19. The zero-order chi connectivity index (χ0) is 11.1. The number of benzene rings is 1. The molecule has 0 spiro atoms. The van der Waals surface area contributed by atoms with Gasteiger partial charge in [0.25, 0.3) is 0 Å². The predicted molar refractivity (Wildman–Crippen MR) is 69.8 cm³/mol. The monoisotopic (exact) mass is 292 g/mol. The standard InChI is InChI=1S/C12H6BrClN2/c13-10-4-3-7-6-9(14)8-2-1-5-15-12(8)11(7)16-10/h1-6H. The fraction of sp³-hybridized carbons (Fsp3) is 0. The van der Waals surface area contributed by atoms with E-state index in [0.29, 0.717) is 5.02 Å². The zero-order valence-corrected chi connectivity index (χ0v) is 10.5. The molecule has 0 aliphatic heterocycles. The minimum atomic E-state index is 0.708. The smallest absolute Gasteiger partial charge is 0.106 e. The summed E-state index contributed by atoms with van der Waals surface area (Å²) in [6.07, 6.45) is 1.75. The summed E-state index contributed by atoms with van der Waals surface area (Å²) in [5, 5.41) is 2.64. The summed E-state index contributed by atoms with van der Waals surface area (Å²) in [4.78, 5) is 8.78. The summed E-state index contributed by atoms with van der Waals surface area (Å²) >= 11 is 9.56. The number of pyridine rings is 2. The van der Waals surface area contributed by atoms with Crippen LogP contribution in [0.15, 0.2) is 41.1 Å². The lowest BCUT2D eigenvalue weighted by molar-refractivity contribution is 1.34. The summed E-state index contributed by atoms with van der Waals surface area (Å²) in [6, 6.07) is 9.62. The lowest BCUT2D eigenvalue weighted by atomic mass is 10.1. The highest BCUT2D eigenvalue weighted by atomic mass is 79.9. The third-order valence-corrected chi connectivity index (χ3v) is 3.22. The van der Waals surface area contributed by atoms with Crippen LogP contribution in [0, 0.1) is 0 Å². The molecule has 0 bridgehead atoms. The van der Waals surface area contributed by atoms with Gasteiger partial charge in [0.15, 0.2) is 0 Å². The maximum atomic E-state index is 6.20. The Balaban J connectivity index is 2.61. The van der Waals surface area contributed by atoms with Crippen molar-refractivity contribution in [3.8, 4) is 0 Å². The molecule has 3 rings (SSSR count). The van der Waals surface area contributed by atoms with Crippen LogP contribution in [0.1, 0.15) is 0 Å². The Bertz CT molecular complexity index is 697. The van der Waals surface area contributed by atoms with Crippen molar-refractivity contribution in [3.63, 3.8) is 0 Å². The topological polar surface area (TPSA) is 25.8 Å². The van der Waals surface area contributed by atoms with Gasteiger partial charge in [0.1, 0.15) is 4.60 Å². The van der Waals surface area contributed by atoms with E-state index >= 15 is 0 Å². The fourth-order valence-electron chi connectivity index (χ4n) is 1.75. The molecular weight excluding hydrogens is 288 g/mol. The molecule has 1 aromatic carbocycles. The average molecular weight is 294 g/mol. The Morgan fingerprint density at radius 2 is 2.00 bits per heavy atom. The molecule has 0 saturated carbocycles. The van der Waals surface area contributed by atoms with E-state index in [-0.39, 0.29) is 0 Å². The maximum absolute atomic E-state index is 6.20. The first-order valence-corrected chi connectivity index (χ1v) is 5.92. The van der Waals surface area contributed by atoms with Gasteiger partial charge < -0.3 is 0 Å². The summed E-state index contributed by atoms with van der Waals surface area (Å²) in [7, 11) is 0. The molecule has 0 aliphatic carbocycles. The minimum Gasteiger partial charge on any atom is -0.254 e. The first-order valence-electron chi connectivity index (χ1n) is 4.75. The van der Waals surface area contributed by atoms with Gasteiger partial charge in [-0.25, -0.2) is 4.98 Å². The molecule has 0 aliphatic rings. The summed E-state index contributed by atoms with van der Waals surface area (Å²) in [5.41, 5.74) is 1.71. The molecule has 0 radical (unpaired) electrons. The number of fused-ring (bicyclic) bond motifs is 3. The predicted octanol–water partition coefficient (Wildman–Crippen LogP) is 4.20. The molecule has 0 fully saturated rings. The van der Waals surface area contributed by atoms with Crippen LogP contribution < -0.4 is 0 Å². The highest BCUT2D eigenvalue weighted by Crippen LogP contribution is 2.29. The SMILES string of the molecule is Clc1cc2ccc(Br)nc2c2ncccc12. The van der Waals surface area contributed by atoms with E-state index in [1.54, 1.807) is 6.20 Å². The van der Waals surface area contributed by atoms with Gasteiger partial charge in [-0.1, -0.05) is 11.6 Å². The third kappa shape index (κ3) is 1.47. The van der Waals surface area contributed by atoms with E-state index in [4.69, 9.17) is 11.6 Å². The maximum Gasteiger partial charge on any atom is 0.106 e. The van der Waals surface area contributed by atoms with Crippen molar-refractivity contribution in [2.75, 3.05) is 0 Å². The second-order valence-electron chi connectivity index (χ2n) is 3.46. The van der Waals surface area contributed by atoms with E-state index in [1.165, 1.54) is 0 Å². The first kappa shape index (κ1) is 10.00. The number of aromatic nitrogens is 2. The Morgan fingerprint density at radius 3 is 2.88 bits per heavy atom. The lowest BCUT2D eigenvalue weighted by Crippen LogP contribution is -1.86. The van der Waals surface area contributed by atoms with Crippen molar-refractivity contribution >= 4 is 49.3 Å². The molecule has 0 atom stereocenters. The molecule has 4 heteroatoms. The van der Waals surface area contributed by atoms with Crippen LogP contribution in [0.2, 0.25) is 5.02 Å². The third-order valence-electron chi connectivity index (χ3n) is 2.46. The number of rotatable bonds is 0. The lowest BCUT2D eigenvalue weighted by Gasteiger charge is -2.04. The fourth-order valence-corrected chi connectivity index (χ4v) is 2.33. The minimum absolute atomic E-state index is 0.708. The molecule has 0 saturated heterocycles. The van der Waals surface area contributed by atoms with Gasteiger partial charge in [0.05, 0.1) is 16.1 Å². The zero-order valence-electron chi connectivity index (χ0n) is 8.11. The first-order chi connectivity index (χ1) is 7.75. The molecule has 2 heterocycles. The van der Waals surface area contributed by atoms with Crippen molar-refractivity contribution in [1.29, 1.82) is 0 Å². The summed E-state index contributed by atoms with van der Waals surface area (Å²) < 4.78 is 0.800. The van der Waals surface area contributed by atoms with Crippen molar-refractivity contribution in [3.05, 3.63) is 46.2 Å². The molecule has 16 heavy (non-hydrogen) atoms. The van der Waals surface area contributed by atoms with E-state index in [0.717, 1.165) is 26.4 Å². The molecule has 2 nitrogen and oxygen atoms in total. The van der Waals surface area contributed by atoms with Crippen LogP contribution in [0.25, 0.3) is 21.8 Å². The molecule has 78 valence electrons. The van der Waals surface area contributed by atoms with Crippen LogP contribution >= 0.6 is 27.5 Å².